The van der Waals surface area contributed by atoms with Crippen LogP contribution in [0.1, 0.15) is 19.4 Å². The molecule has 0 aliphatic carbocycles. The zero-order valence-electron chi connectivity index (χ0n) is 9.92. The summed E-state index contributed by atoms with van der Waals surface area (Å²) in [6.45, 7) is 6.86. The van der Waals surface area contributed by atoms with E-state index < -0.39 is 0 Å². The lowest BCUT2D eigenvalue weighted by Gasteiger charge is -2.24. The third-order valence-electron chi connectivity index (χ3n) is 2.54. The molecule has 0 bridgehead atoms. The fourth-order valence-electron chi connectivity index (χ4n) is 1.17. The maximum absolute atomic E-state index is 5.74. The van der Waals surface area contributed by atoms with Crippen molar-refractivity contribution in [3.63, 3.8) is 0 Å². The number of ether oxygens (including phenoxy) is 1. The first-order valence-corrected chi connectivity index (χ1v) is 5.10. The van der Waals surface area contributed by atoms with Crippen molar-refractivity contribution in [2.75, 3.05) is 24.7 Å². The topological polar surface area (TPSA) is 47.3 Å². The van der Waals surface area contributed by atoms with E-state index in [2.05, 4.69) is 5.32 Å². The highest BCUT2D eigenvalue weighted by Crippen LogP contribution is 2.17. The summed E-state index contributed by atoms with van der Waals surface area (Å²) in [5.74, 6) is 0. The van der Waals surface area contributed by atoms with Crippen molar-refractivity contribution in [2.45, 2.75) is 26.4 Å². The van der Waals surface area contributed by atoms with Gasteiger partial charge in [-0.1, -0.05) is 0 Å². The number of nitrogens with one attached hydrogen (secondary N) is 1. The maximum atomic E-state index is 5.74. The Kier molecular flexibility index (Phi) is 3.58. The number of hydrogen-bond acceptors (Lipinski definition) is 3. The van der Waals surface area contributed by atoms with Gasteiger partial charge in [0, 0.05) is 25.0 Å². The van der Waals surface area contributed by atoms with E-state index in [1.165, 1.54) is 0 Å². The number of methoxy groups -OCH3 is 1. The highest BCUT2D eigenvalue weighted by molar-refractivity contribution is 5.56. The van der Waals surface area contributed by atoms with Crippen LogP contribution in [0.5, 0.6) is 0 Å². The van der Waals surface area contributed by atoms with E-state index in [0.29, 0.717) is 0 Å². The molecule has 0 spiro atoms. The van der Waals surface area contributed by atoms with E-state index in [1.54, 1.807) is 7.11 Å². The van der Waals surface area contributed by atoms with Gasteiger partial charge in [0.25, 0.3) is 0 Å². The van der Waals surface area contributed by atoms with Crippen molar-refractivity contribution in [2.24, 2.45) is 0 Å². The van der Waals surface area contributed by atoms with Crippen LogP contribution >= 0.6 is 0 Å². The fraction of sp³-hybridized carbons (Fsp3) is 0.500. The van der Waals surface area contributed by atoms with E-state index in [9.17, 15) is 0 Å². The number of benzene rings is 1. The van der Waals surface area contributed by atoms with Gasteiger partial charge in [-0.15, -0.1) is 0 Å². The van der Waals surface area contributed by atoms with Gasteiger partial charge in [-0.25, -0.2) is 0 Å². The molecular weight excluding hydrogens is 188 g/mol. The Hall–Kier alpha value is -1.22. The molecule has 1 rings (SSSR count). The lowest BCUT2D eigenvalue weighted by Crippen LogP contribution is -2.32. The van der Waals surface area contributed by atoms with E-state index in [1.807, 2.05) is 39.0 Å². The van der Waals surface area contributed by atoms with E-state index >= 15 is 0 Å². The predicted molar refractivity (Wildman–Crippen MR) is 65.2 cm³/mol. The SMILES string of the molecule is COC(C)(C)CNc1ccc(N)c(C)c1. The molecule has 15 heavy (non-hydrogen) atoms. The largest absolute Gasteiger partial charge is 0.399 e. The van der Waals surface area contributed by atoms with Crippen molar-refractivity contribution in [1.29, 1.82) is 0 Å². The van der Waals surface area contributed by atoms with Crippen LogP contribution in [0, 0.1) is 6.92 Å². The van der Waals surface area contributed by atoms with Crippen molar-refractivity contribution in [3.8, 4) is 0 Å². The van der Waals surface area contributed by atoms with Crippen molar-refractivity contribution < 1.29 is 4.74 Å². The molecular formula is C12H20N2O. The summed E-state index contributed by atoms with van der Waals surface area (Å²) in [7, 11) is 1.72. The molecule has 84 valence electrons. The van der Waals surface area contributed by atoms with Gasteiger partial charge in [0.2, 0.25) is 0 Å². The average Bonchev–Trinajstić information content (AvgIpc) is 2.20. The molecule has 1 aromatic rings. The molecule has 1 aromatic carbocycles. The molecule has 0 atom stereocenters. The Morgan fingerprint density at radius 2 is 2.07 bits per heavy atom. The molecule has 0 heterocycles. The zero-order valence-corrected chi connectivity index (χ0v) is 9.92. The standard InChI is InChI=1S/C12H20N2O/c1-9-7-10(5-6-11(9)13)14-8-12(2,3)15-4/h5-7,14H,8,13H2,1-4H3. The summed E-state index contributed by atoms with van der Waals surface area (Å²) in [5.41, 5.74) is 8.58. The molecule has 0 unspecified atom stereocenters. The average molecular weight is 208 g/mol. The molecule has 3 N–H and O–H groups in total. The summed E-state index contributed by atoms with van der Waals surface area (Å²) in [6.07, 6.45) is 0. The van der Waals surface area contributed by atoms with Crippen LogP contribution in [0.2, 0.25) is 0 Å². The first-order valence-electron chi connectivity index (χ1n) is 5.10. The molecule has 3 nitrogen and oxygen atoms in total. The maximum Gasteiger partial charge on any atom is 0.0794 e. The van der Waals surface area contributed by atoms with Crippen LogP contribution in [0.4, 0.5) is 11.4 Å². The van der Waals surface area contributed by atoms with Gasteiger partial charge in [-0.2, -0.15) is 0 Å². The van der Waals surface area contributed by atoms with E-state index in [-0.39, 0.29) is 5.60 Å². The second-order valence-electron chi connectivity index (χ2n) is 4.39. The second kappa shape index (κ2) is 4.53. The highest BCUT2D eigenvalue weighted by Gasteiger charge is 2.15. The van der Waals surface area contributed by atoms with Gasteiger partial charge in [0.05, 0.1) is 5.60 Å². The monoisotopic (exact) mass is 208 g/mol. The Morgan fingerprint density at radius 3 is 2.60 bits per heavy atom. The van der Waals surface area contributed by atoms with Crippen LogP contribution in [-0.2, 0) is 4.74 Å². The molecule has 0 aliphatic heterocycles. The van der Waals surface area contributed by atoms with Crippen molar-refractivity contribution in [1.82, 2.24) is 0 Å². The predicted octanol–water partition coefficient (Wildman–Crippen LogP) is 2.41. The first-order chi connectivity index (χ1) is 6.94. The quantitative estimate of drug-likeness (QED) is 0.747. The van der Waals surface area contributed by atoms with Gasteiger partial charge in [-0.3, -0.25) is 0 Å². The Bertz CT molecular complexity index is 334. The van der Waals surface area contributed by atoms with Gasteiger partial charge >= 0.3 is 0 Å². The van der Waals surface area contributed by atoms with E-state index in [0.717, 1.165) is 23.5 Å². The molecule has 0 saturated carbocycles. The summed E-state index contributed by atoms with van der Waals surface area (Å²) in [6, 6.07) is 5.94. The number of rotatable bonds is 4. The number of anilines is 2. The summed E-state index contributed by atoms with van der Waals surface area (Å²) in [5, 5.41) is 3.32. The number of aryl methyl sites for hydroxylation is 1. The lowest BCUT2D eigenvalue weighted by molar-refractivity contribution is 0.0344. The molecule has 0 saturated heterocycles. The minimum absolute atomic E-state index is 0.157. The zero-order chi connectivity index (χ0) is 11.5. The van der Waals surface area contributed by atoms with Gasteiger partial charge in [0.15, 0.2) is 0 Å². The normalized spacial score (nSPS) is 11.5. The molecule has 0 aromatic heterocycles. The molecule has 0 radical (unpaired) electrons. The van der Waals surface area contributed by atoms with Crippen molar-refractivity contribution >= 4 is 11.4 Å². The Labute approximate surface area is 91.6 Å². The number of hydrogen-bond donors (Lipinski definition) is 2. The highest BCUT2D eigenvalue weighted by atomic mass is 16.5. The molecule has 0 amide bonds. The molecule has 3 heteroatoms. The first kappa shape index (κ1) is 11.9. The lowest BCUT2D eigenvalue weighted by atomic mass is 10.1. The Balaban J connectivity index is 2.62. The van der Waals surface area contributed by atoms with Crippen LogP contribution in [0.3, 0.4) is 0 Å². The van der Waals surface area contributed by atoms with E-state index in [4.69, 9.17) is 10.5 Å². The third kappa shape index (κ3) is 3.44. The molecule has 0 aliphatic rings. The van der Waals surface area contributed by atoms with Crippen LogP contribution in [0.25, 0.3) is 0 Å². The Morgan fingerprint density at radius 1 is 1.40 bits per heavy atom. The van der Waals surface area contributed by atoms with Crippen LogP contribution in [-0.4, -0.2) is 19.3 Å². The van der Waals surface area contributed by atoms with Crippen LogP contribution in [0.15, 0.2) is 18.2 Å². The van der Waals surface area contributed by atoms with Gasteiger partial charge < -0.3 is 15.8 Å². The summed E-state index contributed by atoms with van der Waals surface area (Å²) >= 11 is 0. The smallest absolute Gasteiger partial charge is 0.0794 e. The summed E-state index contributed by atoms with van der Waals surface area (Å²) in [4.78, 5) is 0. The second-order valence-corrected chi connectivity index (χ2v) is 4.39. The number of nitrogen functional groups attached to an aromatic ring is 1. The third-order valence-corrected chi connectivity index (χ3v) is 2.54. The molecule has 0 fully saturated rings. The van der Waals surface area contributed by atoms with Crippen molar-refractivity contribution in [3.05, 3.63) is 23.8 Å². The minimum Gasteiger partial charge on any atom is -0.399 e. The van der Waals surface area contributed by atoms with Gasteiger partial charge in [0.1, 0.15) is 0 Å². The van der Waals surface area contributed by atoms with Crippen LogP contribution < -0.4 is 11.1 Å². The number of nitrogens with two attached hydrogens (primary N) is 1. The summed E-state index contributed by atoms with van der Waals surface area (Å²) < 4.78 is 5.33. The fourth-order valence-corrected chi connectivity index (χ4v) is 1.17. The minimum atomic E-state index is -0.157. The van der Waals surface area contributed by atoms with Gasteiger partial charge in [-0.05, 0) is 44.5 Å².